The molecule has 2 aromatic carbocycles. The lowest BCUT2D eigenvalue weighted by atomic mass is 9.81. The molecule has 1 aliphatic carbocycles. The highest BCUT2D eigenvalue weighted by atomic mass is 32.2. The molecule has 0 aromatic heterocycles. The van der Waals surface area contributed by atoms with Crippen LogP contribution >= 0.6 is 0 Å². The number of rotatable bonds is 6. The summed E-state index contributed by atoms with van der Waals surface area (Å²) < 4.78 is 34.4. The van der Waals surface area contributed by atoms with Crippen LogP contribution in [-0.4, -0.2) is 32.2 Å². The topological polar surface area (TPSA) is 92.8 Å². The number of methoxy groups -OCH3 is 1. The van der Waals surface area contributed by atoms with Crippen molar-refractivity contribution in [1.29, 1.82) is 0 Å². The van der Waals surface area contributed by atoms with Crippen molar-refractivity contribution in [1.82, 2.24) is 4.90 Å². The minimum absolute atomic E-state index is 0.0325. The standard InChI is InChI=1S/C24H28N2O5S/c1-15-8-9-16(2)20(12-15)25-32(29,30)22-13-17(10-11-21(22)31-3)14-26-23(27)18-6-4-5-7-19(18)24(26)28/h8-13,18-19,25H,4-7,14H2,1-3H3. The summed E-state index contributed by atoms with van der Waals surface area (Å²) in [5.41, 5.74) is 2.78. The van der Waals surface area contributed by atoms with Gasteiger partial charge in [-0.2, -0.15) is 0 Å². The zero-order valence-corrected chi connectivity index (χ0v) is 19.4. The summed E-state index contributed by atoms with van der Waals surface area (Å²) in [6.07, 6.45) is 3.41. The number of sulfonamides is 1. The predicted octanol–water partition coefficient (Wildman–Crippen LogP) is 3.79. The van der Waals surface area contributed by atoms with Crippen molar-refractivity contribution in [3.63, 3.8) is 0 Å². The number of anilines is 1. The molecule has 1 N–H and O–H groups in total. The molecule has 4 rings (SSSR count). The van der Waals surface area contributed by atoms with Crippen molar-refractivity contribution in [3.05, 3.63) is 53.1 Å². The van der Waals surface area contributed by atoms with Crippen LogP contribution in [0.1, 0.15) is 42.4 Å². The molecule has 0 radical (unpaired) electrons. The molecule has 7 nitrogen and oxygen atoms in total. The van der Waals surface area contributed by atoms with Gasteiger partial charge in [-0.25, -0.2) is 8.42 Å². The monoisotopic (exact) mass is 456 g/mol. The van der Waals surface area contributed by atoms with E-state index >= 15 is 0 Å². The summed E-state index contributed by atoms with van der Waals surface area (Å²) in [6, 6.07) is 10.3. The molecule has 1 heterocycles. The Balaban J connectivity index is 1.63. The Kier molecular flexibility index (Phi) is 5.99. The summed E-state index contributed by atoms with van der Waals surface area (Å²) in [6.45, 7) is 3.77. The van der Waals surface area contributed by atoms with Gasteiger partial charge in [-0.1, -0.05) is 31.0 Å². The molecule has 2 aliphatic rings. The zero-order valence-electron chi connectivity index (χ0n) is 18.6. The van der Waals surface area contributed by atoms with Crippen molar-refractivity contribution in [2.45, 2.75) is 51.0 Å². The first kappa shape index (κ1) is 22.3. The van der Waals surface area contributed by atoms with E-state index in [9.17, 15) is 18.0 Å². The number of ether oxygens (including phenoxy) is 1. The molecule has 1 saturated carbocycles. The van der Waals surface area contributed by atoms with Gasteiger partial charge in [-0.3, -0.25) is 19.2 Å². The molecule has 1 aliphatic heterocycles. The molecule has 2 aromatic rings. The van der Waals surface area contributed by atoms with Gasteiger partial charge < -0.3 is 4.74 Å². The van der Waals surface area contributed by atoms with E-state index in [1.165, 1.54) is 18.1 Å². The van der Waals surface area contributed by atoms with Gasteiger partial charge >= 0.3 is 0 Å². The number of fused-ring (bicyclic) bond motifs is 1. The fourth-order valence-electron chi connectivity index (χ4n) is 4.64. The van der Waals surface area contributed by atoms with Crippen LogP contribution in [0, 0.1) is 25.7 Å². The molecular weight excluding hydrogens is 428 g/mol. The highest BCUT2D eigenvalue weighted by Crippen LogP contribution is 2.39. The number of nitrogens with zero attached hydrogens (tertiary/aromatic N) is 1. The van der Waals surface area contributed by atoms with Crippen LogP contribution in [0.15, 0.2) is 41.3 Å². The maximum atomic E-state index is 13.2. The largest absolute Gasteiger partial charge is 0.495 e. The quantitative estimate of drug-likeness (QED) is 0.668. The summed E-state index contributed by atoms with van der Waals surface area (Å²) in [5, 5.41) is 0. The number of hydrogen-bond donors (Lipinski definition) is 1. The van der Waals surface area contributed by atoms with Crippen molar-refractivity contribution in [3.8, 4) is 5.75 Å². The Morgan fingerprint density at radius 2 is 1.66 bits per heavy atom. The Hall–Kier alpha value is -2.87. The van der Waals surface area contributed by atoms with Gasteiger partial charge in [0.15, 0.2) is 0 Å². The van der Waals surface area contributed by atoms with Gasteiger partial charge in [-0.05, 0) is 61.6 Å². The molecule has 32 heavy (non-hydrogen) atoms. The number of hydrogen-bond acceptors (Lipinski definition) is 5. The van der Waals surface area contributed by atoms with Crippen LogP contribution in [-0.2, 0) is 26.2 Å². The van der Waals surface area contributed by atoms with Gasteiger partial charge in [0.1, 0.15) is 10.6 Å². The van der Waals surface area contributed by atoms with Gasteiger partial charge in [0.25, 0.3) is 10.0 Å². The Bertz CT molecular complexity index is 1150. The minimum atomic E-state index is -3.96. The number of imide groups is 1. The molecule has 2 atom stereocenters. The van der Waals surface area contributed by atoms with Gasteiger partial charge in [0.2, 0.25) is 11.8 Å². The lowest BCUT2D eigenvalue weighted by Gasteiger charge is -2.19. The van der Waals surface area contributed by atoms with E-state index in [0.29, 0.717) is 11.3 Å². The van der Waals surface area contributed by atoms with E-state index in [1.807, 2.05) is 26.0 Å². The van der Waals surface area contributed by atoms with Gasteiger partial charge in [0.05, 0.1) is 31.2 Å². The summed E-state index contributed by atoms with van der Waals surface area (Å²) in [4.78, 5) is 26.9. The molecule has 2 unspecified atom stereocenters. The number of amides is 2. The molecule has 2 amide bonds. The maximum absolute atomic E-state index is 13.2. The molecule has 0 bridgehead atoms. The average Bonchev–Trinajstić information content (AvgIpc) is 3.01. The van der Waals surface area contributed by atoms with Crippen molar-refractivity contribution >= 4 is 27.5 Å². The van der Waals surface area contributed by atoms with Gasteiger partial charge in [0, 0.05) is 0 Å². The third kappa shape index (κ3) is 4.11. The van der Waals surface area contributed by atoms with E-state index < -0.39 is 10.0 Å². The second-order valence-electron chi connectivity index (χ2n) is 8.67. The fourth-order valence-corrected chi connectivity index (χ4v) is 5.99. The third-order valence-electron chi connectivity index (χ3n) is 6.43. The number of nitrogens with one attached hydrogen (secondary N) is 1. The molecular formula is C24H28N2O5S. The number of aryl methyl sites for hydroxylation is 2. The van der Waals surface area contributed by atoms with Crippen LogP contribution in [0.4, 0.5) is 5.69 Å². The number of benzene rings is 2. The smallest absolute Gasteiger partial charge is 0.265 e. The van der Waals surface area contributed by atoms with Crippen LogP contribution in [0.3, 0.4) is 0 Å². The van der Waals surface area contributed by atoms with E-state index in [0.717, 1.165) is 36.8 Å². The van der Waals surface area contributed by atoms with E-state index in [-0.39, 0.29) is 40.8 Å². The summed E-state index contributed by atoms with van der Waals surface area (Å²) in [7, 11) is -2.56. The lowest BCUT2D eigenvalue weighted by Crippen LogP contribution is -2.30. The second kappa shape index (κ2) is 8.58. The van der Waals surface area contributed by atoms with Crippen molar-refractivity contribution in [2.24, 2.45) is 11.8 Å². The fraction of sp³-hybridized carbons (Fsp3) is 0.417. The van der Waals surface area contributed by atoms with Crippen LogP contribution in [0.25, 0.3) is 0 Å². The molecule has 1 saturated heterocycles. The predicted molar refractivity (Wildman–Crippen MR) is 121 cm³/mol. The zero-order chi connectivity index (χ0) is 23.0. The van der Waals surface area contributed by atoms with Crippen molar-refractivity contribution in [2.75, 3.05) is 11.8 Å². The Morgan fingerprint density at radius 3 is 2.28 bits per heavy atom. The van der Waals surface area contributed by atoms with E-state index in [1.54, 1.807) is 18.2 Å². The number of carbonyl (C=O) groups is 2. The Morgan fingerprint density at radius 1 is 1.00 bits per heavy atom. The minimum Gasteiger partial charge on any atom is -0.495 e. The SMILES string of the molecule is COc1ccc(CN2C(=O)C3CCCCC3C2=O)cc1S(=O)(=O)Nc1cc(C)ccc1C. The lowest BCUT2D eigenvalue weighted by molar-refractivity contribution is -0.140. The normalized spacial score (nSPS) is 20.9. The first-order chi connectivity index (χ1) is 15.2. The van der Waals surface area contributed by atoms with Gasteiger partial charge in [-0.15, -0.1) is 0 Å². The maximum Gasteiger partial charge on any atom is 0.265 e. The first-order valence-corrected chi connectivity index (χ1v) is 12.3. The third-order valence-corrected chi connectivity index (χ3v) is 7.81. The average molecular weight is 457 g/mol. The van der Waals surface area contributed by atoms with E-state index in [4.69, 9.17) is 4.74 Å². The molecule has 2 fully saturated rings. The van der Waals surface area contributed by atoms with E-state index in [2.05, 4.69) is 4.72 Å². The number of carbonyl (C=O) groups excluding carboxylic acids is 2. The highest BCUT2D eigenvalue weighted by molar-refractivity contribution is 7.92. The van der Waals surface area contributed by atoms with Crippen LogP contribution < -0.4 is 9.46 Å². The molecule has 8 heteroatoms. The molecule has 170 valence electrons. The number of likely N-dealkylation sites (tertiary alicyclic amines) is 1. The summed E-state index contributed by atoms with van der Waals surface area (Å²) in [5.74, 6) is -0.562. The highest BCUT2D eigenvalue weighted by Gasteiger charge is 2.47. The Labute approximate surface area is 188 Å². The van der Waals surface area contributed by atoms with Crippen molar-refractivity contribution < 1.29 is 22.7 Å². The van der Waals surface area contributed by atoms with Crippen LogP contribution in [0.5, 0.6) is 5.75 Å². The first-order valence-electron chi connectivity index (χ1n) is 10.8. The van der Waals surface area contributed by atoms with Crippen LogP contribution in [0.2, 0.25) is 0 Å². The second-order valence-corrected chi connectivity index (χ2v) is 10.3. The summed E-state index contributed by atoms with van der Waals surface area (Å²) >= 11 is 0. The molecule has 0 spiro atoms.